The van der Waals surface area contributed by atoms with E-state index in [2.05, 4.69) is 31.0 Å². The first-order valence-corrected chi connectivity index (χ1v) is 6.56. The van der Waals surface area contributed by atoms with Crippen LogP contribution in [0.4, 0.5) is 0 Å². The fourth-order valence-electron chi connectivity index (χ4n) is 3.01. The first kappa shape index (κ1) is 12.3. The maximum absolute atomic E-state index is 5.29. The molecule has 0 radical (unpaired) electrons. The second-order valence-electron chi connectivity index (χ2n) is 5.90. The molecule has 1 aliphatic heterocycles. The molecule has 2 rings (SSSR count). The van der Waals surface area contributed by atoms with E-state index < -0.39 is 0 Å². The van der Waals surface area contributed by atoms with Crippen molar-refractivity contribution in [2.24, 2.45) is 5.92 Å². The van der Waals surface area contributed by atoms with Crippen LogP contribution in [0.5, 0.6) is 0 Å². The van der Waals surface area contributed by atoms with Crippen LogP contribution < -0.4 is 5.32 Å². The predicted molar refractivity (Wildman–Crippen MR) is 66.6 cm³/mol. The summed E-state index contributed by atoms with van der Waals surface area (Å²) in [6.07, 6.45) is 2.81. The largest absolute Gasteiger partial charge is 0.383 e. The van der Waals surface area contributed by atoms with Gasteiger partial charge in [0.2, 0.25) is 0 Å². The number of methoxy groups -OCH3 is 1. The molecule has 3 atom stereocenters. The van der Waals surface area contributed by atoms with Gasteiger partial charge in [0.25, 0.3) is 0 Å². The topological polar surface area (TPSA) is 24.5 Å². The molecular formula is C13H26N2O. The third-order valence-electron chi connectivity index (χ3n) is 4.33. The molecule has 1 saturated carbocycles. The molecule has 1 N–H and O–H groups in total. The van der Waals surface area contributed by atoms with Gasteiger partial charge in [0.15, 0.2) is 0 Å². The number of nitrogens with zero attached hydrogens (tertiary/aromatic N) is 1. The summed E-state index contributed by atoms with van der Waals surface area (Å²) in [6.45, 7) is 10.1. The minimum absolute atomic E-state index is 0.342. The van der Waals surface area contributed by atoms with Crippen molar-refractivity contribution in [3.63, 3.8) is 0 Å². The van der Waals surface area contributed by atoms with Gasteiger partial charge in [0.1, 0.15) is 0 Å². The summed E-state index contributed by atoms with van der Waals surface area (Å²) in [7, 11) is 1.80. The third kappa shape index (κ3) is 2.41. The molecule has 2 fully saturated rings. The van der Waals surface area contributed by atoms with E-state index in [1.165, 1.54) is 19.4 Å². The van der Waals surface area contributed by atoms with Crippen molar-refractivity contribution in [3.8, 4) is 0 Å². The lowest BCUT2D eigenvalue weighted by molar-refractivity contribution is 0.0191. The van der Waals surface area contributed by atoms with Crippen molar-refractivity contribution in [1.29, 1.82) is 0 Å². The maximum Gasteiger partial charge on any atom is 0.0615 e. The van der Waals surface area contributed by atoms with E-state index in [9.17, 15) is 0 Å². The quantitative estimate of drug-likeness (QED) is 0.786. The fourth-order valence-corrected chi connectivity index (χ4v) is 3.01. The van der Waals surface area contributed by atoms with E-state index >= 15 is 0 Å². The summed E-state index contributed by atoms with van der Waals surface area (Å²) in [5.74, 6) is 0.900. The molecule has 1 heterocycles. The Morgan fingerprint density at radius 3 is 2.75 bits per heavy atom. The summed E-state index contributed by atoms with van der Waals surface area (Å²) >= 11 is 0. The van der Waals surface area contributed by atoms with E-state index in [4.69, 9.17) is 4.74 Å². The van der Waals surface area contributed by atoms with Crippen molar-refractivity contribution in [2.75, 3.05) is 26.8 Å². The predicted octanol–water partition coefficient (Wildman–Crippen LogP) is 1.48. The monoisotopic (exact) mass is 226 g/mol. The van der Waals surface area contributed by atoms with Crippen molar-refractivity contribution < 1.29 is 4.74 Å². The Morgan fingerprint density at radius 1 is 1.50 bits per heavy atom. The lowest BCUT2D eigenvalue weighted by Crippen LogP contribution is -2.65. The summed E-state index contributed by atoms with van der Waals surface area (Å²) in [5.41, 5.74) is 0.342. The van der Waals surface area contributed by atoms with E-state index in [0.717, 1.165) is 19.1 Å². The zero-order chi connectivity index (χ0) is 11.8. The van der Waals surface area contributed by atoms with Gasteiger partial charge in [-0.25, -0.2) is 0 Å². The molecule has 3 heteroatoms. The van der Waals surface area contributed by atoms with Crippen molar-refractivity contribution in [1.82, 2.24) is 10.2 Å². The molecule has 16 heavy (non-hydrogen) atoms. The molecule has 0 amide bonds. The van der Waals surface area contributed by atoms with Crippen LogP contribution in [0.1, 0.15) is 33.6 Å². The van der Waals surface area contributed by atoms with Crippen molar-refractivity contribution in [2.45, 2.75) is 51.2 Å². The highest BCUT2D eigenvalue weighted by atomic mass is 16.5. The summed E-state index contributed by atoms with van der Waals surface area (Å²) in [5, 5.41) is 3.75. The fraction of sp³-hybridized carbons (Fsp3) is 1.00. The summed E-state index contributed by atoms with van der Waals surface area (Å²) in [6, 6.07) is 1.15. The molecule has 3 nitrogen and oxygen atoms in total. The molecule has 1 saturated heterocycles. The van der Waals surface area contributed by atoms with Crippen LogP contribution in [-0.2, 0) is 4.74 Å². The SMILES string of the molecule is COCC(C)N1CC(C)(C2CC2)NCC1C. The Bertz CT molecular complexity index is 242. The molecule has 3 unspecified atom stereocenters. The van der Waals surface area contributed by atoms with E-state index in [1.807, 2.05) is 0 Å². The standard InChI is InChI=1S/C13H26N2O/c1-10-7-14-13(3,12-5-6-12)9-15(10)11(2)8-16-4/h10-12,14H,5-9H2,1-4H3. The smallest absolute Gasteiger partial charge is 0.0615 e. The number of hydrogen-bond acceptors (Lipinski definition) is 3. The molecule has 2 aliphatic rings. The van der Waals surface area contributed by atoms with Crippen LogP contribution in [-0.4, -0.2) is 49.3 Å². The van der Waals surface area contributed by atoms with Gasteiger partial charge in [0.05, 0.1) is 6.61 Å². The van der Waals surface area contributed by atoms with E-state index in [1.54, 1.807) is 7.11 Å². The zero-order valence-electron chi connectivity index (χ0n) is 11.1. The second kappa shape index (κ2) is 4.63. The number of hydrogen-bond donors (Lipinski definition) is 1. The van der Waals surface area contributed by atoms with Gasteiger partial charge in [-0.1, -0.05) is 0 Å². The van der Waals surface area contributed by atoms with Gasteiger partial charge in [-0.3, -0.25) is 4.90 Å². The number of rotatable bonds is 4. The van der Waals surface area contributed by atoms with Crippen molar-refractivity contribution in [3.05, 3.63) is 0 Å². The van der Waals surface area contributed by atoms with E-state index in [0.29, 0.717) is 17.6 Å². The van der Waals surface area contributed by atoms with Crippen LogP contribution in [0.3, 0.4) is 0 Å². The van der Waals surface area contributed by atoms with Crippen LogP contribution in [0, 0.1) is 5.92 Å². The molecule has 0 bridgehead atoms. The van der Waals surface area contributed by atoms with Gasteiger partial charge in [-0.05, 0) is 39.5 Å². The van der Waals surface area contributed by atoms with Crippen LogP contribution >= 0.6 is 0 Å². The number of piperazine rings is 1. The Balaban J connectivity index is 1.99. The first-order valence-electron chi connectivity index (χ1n) is 6.56. The van der Waals surface area contributed by atoms with Crippen LogP contribution in [0.2, 0.25) is 0 Å². The zero-order valence-corrected chi connectivity index (χ0v) is 11.1. The normalized spacial score (nSPS) is 38.6. The van der Waals surface area contributed by atoms with Gasteiger partial charge in [-0.15, -0.1) is 0 Å². The van der Waals surface area contributed by atoms with E-state index in [-0.39, 0.29) is 0 Å². The van der Waals surface area contributed by atoms with Crippen molar-refractivity contribution >= 4 is 0 Å². The maximum atomic E-state index is 5.29. The molecule has 94 valence electrons. The highest BCUT2D eigenvalue weighted by Crippen LogP contribution is 2.41. The van der Waals surface area contributed by atoms with Crippen LogP contribution in [0.25, 0.3) is 0 Å². The van der Waals surface area contributed by atoms with Gasteiger partial charge >= 0.3 is 0 Å². The molecule has 0 spiro atoms. The lowest BCUT2D eigenvalue weighted by Gasteiger charge is -2.48. The van der Waals surface area contributed by atoms with Gasteiger partial charge in [0, 0.05) is 37.8 Å². The highest BCUT2D eigenvalue weighted by molar-refractivity contribution is 5.04. The molecular weight excluding hydrogens is 200 g/mol. The molecule has 0 aromatic carbocycles. The second-order valence-corrected chi connectivity index (χ2v) is 5.90. The Labute approximate surface area is 99.5 Å². The lowest BCUT2D eigenvalue weighted by atomic mass is 9.90. The average molecular weight is 226 g/mol. The number of ether oxygens (including phenoxy) is 1. The first-order chi connectivity index (χ1) is 7.57. The van der Waals surface area contributed by atoms with Gasteiger partial charge < -0.3 is 10.1 Å². The van der Waals surface area contributed by atoms with Gasteiger partial charge in [-0.2, -0.15) is 0 Å². The Hall–Kier alpha value is -0.120. The minimum Gasteiger partial charge on any atom is -0.383 e. The Morgan fingerprint density at radius 2 is 2.19 bits per heavy atom. The average Bonchev–Trinajstić information content (AvgIpc) is 3.06. The van der Waals surface area contributed by atoms with Crippen LogP contribution in [0.15, 0.2) is 0 Å². The Kier molecular flexibility index (Phi) is 3.57. The summed E-state index contributed by atoms with van der Waals surface area (Å²) < 4.78 is 5.29. The molecule has 1 aliphatic carbocycles. The minimum atomic E-state index is 0.342. The highest BCUT2D eigenvalue weighted by Gasteiger charge is 2.45. The number of nitrogens with one attached hydrogen (secondary N) is 1. The third-order valence-corrected chi connectivity index (χ3v) is 4.33. The molecule has 0 aromatic heterocycles. The summed E-state index contributed by atoms with van der Waals surface area (Å²) in [4.78, 5) is 2.61. The molecule has 0 aromatic rings.